The van der Waals surface area contributed by atoms with Gasteiger partial charge in [0, 0.05) is 24.5 Å². The number of aryl methyl sites for hydroxylation is 3. The lowest BCUT2D eigenvalue weighted by atomic mass is 9.82. The van der Waals surface area contributed by atoms with Crippen LogP contribution in [0.4, 0.5) is 4.39 Å². The number of carbonyl (C=O) groups is 1. The van der Waals surface area contributed by atoms with Crippen molar-refractivity contribution < 1.29 is 13.9 Å². The van der Waals surface area contributed by atoms with Crippen LogP contribution in [0.3, 0.4) is 0 Å². The molecule has 0 N–H and O–H groups in total. The number of carbonyl (C=O) groups excluding carboxylic acids is 1. The Bertz CT molecular complexity index is 1350. The van der Waals surface area contributed by atoms with Gasteiger partial charge in [0.05, 0.1) is 7.11 Å². The lowest BCUT2D eigenvalue weighted by molar-refractivity contribution is 0.101. The van der Waals surface area contributed by atoms with Crippen molar-refractivity contribution in [1.29, 1.82) is 0 Å². The van der Waals surface area contributed by atoms with Crippen LogP contribution in [-0.4, -0.2) is 37.1 Å². The Balaban J connectivity index is 0.000000230. The van der Waals surface area contributed by atoms with Gasteiger partial charge in [-0.15, -0.1) is 0 Å². The highest BCUT2D eigenvalue weighted by atomic mass is 19.1. The average Bonchev–Trinajstić information content (AvgIpc) is 2.95. The minimum absolute atomic E-state index is 0.103. The Labute approximate surface area is 253 Å². The van der Waals surface area contributed by atoms with Crippen molar-refractivity contribution in [2.45, 2.75) is 74.8 Å². The van der Waals surface area contributed by atoms with E-state index in [0.717, 1.165) is 53.2 Å². The number of likely N-dealkylation sites (tertiary alicyclic amines) is 1. The first kappa shape index (κ1) is 34.6. The number of ether oxygens (including phenoxy) is 1. The van der Waals surface area contributed by atoms with E-state index < -0.39 is 0 Å². The van der Waals surface area contributed by atoms with E-state index in [1.54, 1.807) is 26.3 Å². The van der Waals surface area contributed by atoms with Crippen molar-refractivity contribution in [2.75, 3.05) is 20.2 Å². The Hall–Kier alpha value is -3.57. The molecular weight excluding hydrogens is 523 g/mol. The molecule has 1 saturated heterocycles. The molecule has 0 spiro atoms. The van der Waals surface area contributed by atoms with Crippen molar-refractivity contribution in [1.82, 2.24) is 4.90 Å². The van der Waals surface area contributed by atoms with Crippen molar-refractivity contribution in [3.05, 3.63) is 106 Å². The molecule has 42 heavy (non-hydrogen) atoms. The maximum atomic E-state index is 13.2. The number of halogens is 1. The van der Waals surface area contributed by atoms with E-state index in [9.17, 15) is 9.18 Å². The highest BCUT2D eigenvalue weighted by Gasteiger charge is 2.25. The summed E-state index contributed by atoms with van der Waals surface area (Å²) in [5.41, 5.74) is 7.73. The molecule has 1 aliphatic heterocycles. The monoisotopic (exact) mass is 572 g/mol. The number of allylic oxidation sites excluding steroid dienone is 1. The molecule has 1 heterocycles. The third-order valence-corrected chi connectivity index (χ3v) is 7.57. The maximum Gasteiger partial charge on any atom is 0.160 e. The normalized spacial score (nSPS) is 14.9. The Kier molecular flexibility index (Phi) is 13.8. The number of nitrogens with zero attached hydrogens (tertiary/aromatic N) is 2. The van der Waals surface area contributed by atoms with Crippen molar-refractivity contribution >= 4 is 17.6 Å². The van der Waals surface area contributed by atoms with Gasteiger partial charge in [0.25, 0.3) is 0 Å². The Morgan fingerprint density at radius 2 is 1.60 bits per heavy atom. The van der Waals surface area contributed by atoms with E-state index in [2.05, 4.69) is 30.7 Å². The third kappa shape index (κ3) is 11.7. The van der Waals surface area contributed by atoms with Crippen LogP contribution in [0.2, 0.25) is 0 Å². The van der Waals surface area contributed by atoms with E-state index in [0.29, 0.717) is 5.41 Å². The molecule has 3 aromatic rings. The molecule has 4 nitrogen and oxygen atoms in total. The number of aliphatic imine (C=N–C) groups is 1. The average molecular weight is 573 g/mol. The van der Waals surface area contributed by atoms with Crippen molar-refractivity contribution in [3.63, 3.8) is 0 Å². The maximum absolute atomic E-state index is 13.2. The Morgan fingerprint density at radius 1 is 0.952 bits per heavy atom. The number of benzene rings is 3. The van der Waals surface area contributed by atoms with Gasteiger partial charge in [-0.25, -0.2) is 4.39 Å². The quantitative estimate of drug-likeness (QED) is 0.218. The summed E-state index contributed by atoms with van der Waals surface area (Å²) in [4.78, 5) is 17.8. The van der Waals surface area contributed by atoms with Gasteiger partial charge in [-0.3, -0.25) is 14.7 Å². The lowest BCUT2D eigenvalue weighted by Crippen LogP contribution is -2.36. The summed E-state index contributed by atoms with van der Waals surface area (Å²) in [6.45, 7) is 19.3. The second-order valence-electron chi connectivity index (χ2n) is 11.8. The van der Waals surface area contributed by atoms with Crippen LogP contribution in [0.5, 0.6) is 5.75 Å². The zero-order valence-electron chi connectivity index (χ0n) is 27.1. The minimum atomic E-state index is -0.103. The fraction of sp³-hybridized carbons (Fsp3) is 0.405. The molecule has 3 aromatic carbocycles. The molecule has 0 amide bonds. The summed E-state index contributed by atoms with van der Waals surface area (Å²) in [5.74, 6) is 0.923. The van der Waals surface area contributed by atoms with Crippen LogP contribution < -0.4 is 4.74 Å². The van der Waals surface area contributed by atoms with E-state index in [-0.39, 0.29) is 11.6 Å². The summed E-state index contributed by atoms with van der Waals surface area (Å²) in [5, 5.41) is 0. The van der Waals surface area contributed by atoms with Crippen LogP contribution in [0, 0.1) is 32.0 Å². The number of ketones is 1. The van der Waals surface area contributed by atoms with Crippen molar-refractivity contribution in [3.8, 4) is 5.75 Å². The molecule has 4 rings (SSSR count). The number of rotatable bonds is 6. The van der Waals surface area contributed by atoms with Gasteiger partial charge in [-0.05, 0) is 119 Å². The van der Waals surface area contributed by atoms with Crippen LogP contribution in [0.15, 0.2) is 71.9 Å². The summed E-state index contributed by atoms with van der Waals surface area (Å²) >= 11 is 0. The van der Waals surface area contributed by atoms with E-state index in [4.69, 9.17) is 4.74 Å². The van der Waals surface area contributed by atoms with E-state index in [1.807, 2.05) is 88.5 Å². The molecule has 0 unspecified atom stereocenters. The number of Topliss-reactive ketones (excluding diaryl/α,β-unsaturated/α-hetero) is 1. The molecule has 0 saturated carbocycles. The molecule has 0 aromatic heterocycles. The first-order valence-electron chi connectivity index (χ1n) is 14.7. The second-order valence-corrected chi connectivity index (χ2v) is 11.8. The summed E-state index contributed by atoms with van der Waals surface area (Å²) < 4.78 is 18.1. The van der Waals surface area contributed by atoms with E-state index >= 15 is 0 Å². The standard InChI is InChI=1S/C15H22FN.C14H17NO.C8H10O/c1-12-10-13(4-5-14(12)16)11-17-8-6-15(2,3)7-9-17;1-5-15-9-11(3)13-6-7-14(12(4)16)10(2)8-13;1-7-3-5-8(9-2)6-4-7/h4-5,10H,6-9,11H2,1-3H3;5-9H,1-4H3;3-6H,1-2H3/b;11-9+,15-5?;. The molecule has 0 bridgehead atoms. The molecule has 1 aliphatic rings. The minimum Gasteiger partial charge on any atom is -0.497 e. The van der Waals surface area contributed by atoms with Crippen LogP contribution in [0.1, 0.15) is 85.6 Å². The first-order valence-corrected chi connectivity index (χ1v) is 14.7. The number of hydrogen-bond acceptors (Lipinski definition) is 4. The summed E-state index contributed by atoms with van der Waals surface area (Å²) in [6, 6.07) is 19.3. The van der Waals surface area contributed by atoms with Gasteiger partial charge < -0.3 is 4.74 Å². The Morgan fingerprint density at radius 3 is 2.12 bits per heavy atom. The van der Waals surface area contributed by atoms with Crippen molar-refractivity contribution in [2.24, 2.45) is 10.4 Å². The molecule has 1 fully saturated rings. The van der Waals surface area contributed by atoms with Crippen LogP contribution >= 0.6 is 0 Å². The van der Waals surface area contributed by atoms with Crippen LogP contribution in [0.25, 0.3) is 5.57 Å². The smallest absolute Gasteiger partial charge is 0.160 e. The summed E-state index contributed by atoms with van der Waals surface area (Å²) in [6.07, 6.45) is 6.09. The van der Waals surface area contributed by atoms with E-state index in [1.165, 1.54) is 24.0 Å². The second kappa shape index (κ2) is 16.8. The predicted molar refractivity (Wildman–Crippen MR) is 176 cm³/mol. The topological polar surface area (TPSA) is 41.9 Å². The van der Waals surface area contributed by atoms with Crippen LogP contribution in [-0.2, 0) is 6.54 Å². The molecule has 0 atom stereocenters. The molecule has 5 heteroatoms. The third-order valence-electron chi connectivity index (χ3n) is 7.57. The summed E-state index contributed by atoms with van der Waals surface area (Å²) in [7, 11) is 1.67. The van der Waals surface area contributed by atoms with Gasteiger partial charge in [0.2, 0.25) is 0 Å². The first-order chi connectivity index (χ1) is 19.8. The molecule has 0 aliphatic carbocycles. The highest BCUT2D eigenvalue weighted by Crippen LogP contribution is 2.30. The van der Waals surface area contributed by atoms with Gasteiger partial charge in [0.1, 0.15) is 11.6 Å². The predicted octanol–water partition coefficient (Wildman–Crippen LogP) is 9.41. The van der Waals surface area contributed by atoms with Gasteiger partial charge in [-0.1, -0.05) is 61.9 Å². The lowest BCUT2D eigenvalue weighted by Gasteiger charge is -2.36. The zero-order chi connectivity index (χ0) is 31.3. The number of hydrogen-bond donors (Lipinski definition) is 0. The molecule has 0 radical (unpaired) electrons. The van der Waals surface area contributed by atoms with Gasteiger partial charge >= 0.3 is 0 Å². The number of methoxy groups -OCH3 is 1. The zero-order valence-corrected chi connectivity index (χ0v) is 27.1. The fourth-order valence-corrected chi connectivity index (χ4v) is 4.62. The van der Waals surface area contributed by atoms with Gasteiger partial charge in [-0.2, -0.15) is 0 Å². The highest BCUT2D eigenvalue weighted by molar-refractivity contribution is 5.95. The van der Waals surface area contributed by atoms with Gasteiger partial charge in [0.15, 0.2) is 5.78 Å². The number of piperidine rings is 1. The molecular formula is C37H49FN2O2. The fourth-order valence-electron chi connectivity index (χ4n) is 4.62. The molecule has 226 valence electrons. The SMILES string of the molecule is CC=N/C=C(\C)c1ccc(C(C)=O)c(C)c1.COc1ccc(C)cc1.Cc1cc(CN2CCC(C)(C)CC2)ccc1F. The largest absolute Gasteiger partial charge is 0.497 e.